The van der Waals surface area contributed by atoms with Crippen LogP contribution in [0.25, 0.3) is 0 Å². The molecule has 1 aromatic heterocycles. The summed E-state index contributed by atoms with van der Waals surface area (Å²) in [7, 11) is 1.97. The van der Waals surface area contributed by atoms with E-state index in [1.54, 1.807) is 0 Å². The van der Waals surface area contributed by atoms with Crippen LogP contribution in [0.5, 0.6) is 0 Å². The average Bonchev–Trinajstić information content (AvgIpc) is 2.41. The van der Waals surface area contributed by atoms with Gasteiger partial charge in [-0.05, 0) is 32.9 Å². The molecule has 94 valence electrons. The van der Waals surface area contributed by atoms with Gasteiger partial charge in [0.15, 0.2) is 5.82 Å². The minimum Gasteiger partial charge on any atom is -0.320 e. The number of nitrogens with one attached hydrogen (secondary N) is 1. The molecule has 0 atom stereocenters. The first-order valence-electron chi connectivity index (χ1n) is 6.73. The molecule has 0 spiro atoms. The highest BCUT2D eigenvalue weighted by atomic mass is 15.1. The lowest BCUT2D eigenvalue weighted by atomic mass is 9.87. The predicted octanol–water partition coefficient (Wildman–Crippen LogP) is 2.07. The second-order valence-electron chi connectivity index (χ2n) is 4.84. The van der Waals surface area contributed by atoms with Gasteiger partial charge in [-0.15, -0.1) is 5.10 Å². The zero-order chi connectivity index (χ0) is 11.9. The zero-order valence-electron chi connectivity index (χ0n) is 10.7. The molecule has 17 heavy (non-hydrogen) atoms. The van der Waals surface area contributed by atoms with Gasteiger partial charge in [0.05, 0.1) is 11.9 Å². The van der Waals surface area contributed by atoms with Crippen molar-refractivity contribution in [1.29, 1.82) is 0 Å². The van der Waals surface area contributed by atoms with E-state index in [1.165, 1.54) is 37.8 Å². The fourth-order valence-corrected chi connectivity index (χ4v) is 2.48. The molecule has 0 bridgehead atoms. The molecule has 1 saturated carbocycles. The number of hydrogen-bond acceptors (Lipinski definition) is 4. The van der Waals surface area contributed by atoms with Gasteiger partial charge in [-0.3, -0.25) is 0 Å². The van der Waals surface area contributed by atoms with E-state index in [1.807, 2.05) is 13.2 Å². The summed E-state index contributed by atoms with van der Waals surface area (Å²) in [6, 6.07) is 0. The van der Waals surface area contributed by atoms with Crippen molar-refractivity contribution >= 4 is 0 Å². The van der Waals surface area contributed by atoms with Gasteiger partial charge in [-0.2, -0.15) is 5.10 Å². The first-order chi connectivity index (χ1) is 8.40. The lowest BCUT2D eigenvalue weighted by Gasteiger charge is -2.20. The van der Waals surface area contributed by atoms with E-state index in [2.05, 4.69) is 20.5 Å². The van der Waals surface area contributed by atoms with E-state index in [9.17, 15) is 0 Å². The van der Waals surface area contributed by atoms with Crippen molar-refractivity contribution in [2.24, 2.45) is 0 Å². The predicted molar refractivity (Wildman–Crippen MR) is 67.9 cm³/mol. The van der Waals surface area contributed by atoms with Crippen LogP contribution in [-0.2, 0) is 6.42 Å². The van der Waals surface area contributed by atoms with Crippen LogP contribution in [0.2, 0.25) is 0 Å². The van der Waals surface area contributed by atoms with Crippen molar-refractivity contribution in [3.8, 4) is 0 Å². The molecule has 1 fully saturated rings. The molecule has 0 amide bonds. The highest BCUT2D eigenvalue weighted by molar-refractivity contribution is 5.05. The minimum absolute atomic E-state index is 0.627. The van der Waals surface area contributed by atoms with Crippen molar-refractivity contribution < 1.29 is 0 Å². The molecule has 0 aromatic carbocycles. The molecular formula is C13H22N4. The number of nitrogens with zero attached hydrogens (tertiary/aromatic N) is 3. The zero-order valence-corrected chi connectivity index (χ0v) is 10.7. The van der Waals surface area contributed by atoms with Crippen LogP contribution >= 0.6 is 0 Å². The van der Waals surface area contributed by atoms with Crippen LogP contribution in [0, 0.1) is 0 Å². The van der Waals surface area contributed by atoms with Crippen LogP contribution in [-0.4, -0.2) is 28.8 Å². The molecule has 0 unspecified atom stereocenters. The molecular weight excluding hydrogens is 212 g/mol. The SMILES string of the molecule is CNCCCc1nncc(C2CCCCC2)n1. The molecule has 4 heteroatoms. The fraction of sp³-hybridized carbons (Fsp3) is 0.769. The molecule has 0 radical (unpaired) electrons. The Bertz CT molecular complexity index is 334. The molecule has 1 heterocycles. The van der Waals surface area contributed by atoms with Gasteiger partial charge in [0, 0.05) is 12.3 Å². The highest BCUT2D eigenvalue weighted by Gasteiger charge is 2.17. The van der Waals surface area contributed by atoms with Crippen molar-refractivity contribution in [1.82, 2.24) is 20.5 Å². The van der Waals surface area contributed by atoms with E-state index in [0.29, 0.717) is 5.92 Å². The molecule has 0 saturated heterocycles. The summed E-state index contributed by atoms with van der Waals surface area (Å²) in [5, 5.41) is 11.4. The van der Waals surface area contributed by atoms with Gasteiger partial charge in [-0.25, -0.2) is 4.98 Å². The van der Waals surface area contributed by atoms with E-state index < -0.39 is 0 Å². The van der Waals surface area contributed by atoms with Gasteiger partial charge in [0.1, 0.15) is 0 Å². The Kier molecular flexibility index (Phi) is 4.86. The maximum absolute atomic E-state index is 4.67. The number of hydrogen-bond donors (Lipinski definition) is 1. The van der Waals surface area contributed by atoms with E-state index in [4.69, 9.17) is 0 Å². The van der Waals surface area contributed by atoms with Gasteiger partial charge >= 0.3 is 0 Å². The Hall–Kier alpha value is -1.03. The Labute approximate surface area is 103 Å². The lowest BCUT2D eigenvalue weighted by molar-refractivity contribution is 0.433. The van der Waals surface area contributed by atoms with Crippen LogP contribution < -0.4 is 5.32 Å². The maximum atomic E-state index is 4.67. The molecule has 1 aliphatic carbocycles. The van der Waals surface area contributed by atoms with Crippen LogP contribution in [0.15, 0.2) is 6.20 Å². The topological polar surface area (TPSA) is 50.7 Å². The van der Waals surface area contributed by atoms with Crippen molar-refractivity contribution in [3.63, 3.8) is 0 Å². The fourth-order valence-electron chi connectivity index (χ4n) is 2.48. The molecule has 4 nitrogen and oxygen atoms in total. The molecule has 1 aliphatic rings. The second-order valence-corrected chi connectivity index (χ2v) is 4.84. The third-order valence-electron chi connectivity index (χ3n) is 3.47. The Morgan fingerprint density at radius 3 is 2.88 bits per heavy atom. The first-order valence-corrected chi connectivity index (χ1v) is 6.73. The summed E-state index contributed by atoms with van der Waals surface area (Å²) in [4.78, 5) is 4.67. The highest BCUT2D eigenvalue weighted by Crippen LogP contribution is 2.30. The summed E-state index contributed by atoms with van der Waals surface area (Å²) < 4.78 is 0. The summed E-state index contributed by atoms with van der Waals surface area (Å²) in [5.74, 6) is 1.53. The third kappa shape index (κ3) is 3.73. The van der Waals surface area contributed by atoms with Crippen LogP contribution in [0.3, 0.4) is 0 Å². The van der Waals surface area contributed by atoms with E-state index in [0.717, 1.165) is 25.2 Å². The minimum atomic E-state index is 0.627. The first kappa shape index (κ1) is 12.4. The van der Waals surface area contributed by atoms with Gasteiger partial charge in [0.2, 0.25) is 0 Å². The Balaban J connectivity index is 1.95. The molecule has 2 rings (SSSR count). The summed E-state index contributed by atoms with van der Waals surface area (Å²) >= 11 is 0. The van der Waals surface area contributed by atoms with Gasteiger partial charge in [-0.1, -0.05) is 19.3 Å². The Morgan fingerprint density at radius 2 is 2.12 bits per heavy atom. The van der Waals surface area contributed by atoms with Crippen molar-refractivity contribution in [3.05, 3.63) is 17.7 Å². The summed E-state index contributed by atoms with van der Waals surface area (Å²) in [6.45, 7) is 1.01. The number of rotatable bonds is 5. The average molecular weight is 234 g/mol. The lowest BCUT2D eigenvalue weighted by Crippen LogP contribution is -2.12. The van der Waals surface area contributed by atoms with Crippen molar-refractivity contribution in [2.75, 3.05) is 13.6 Å². The maximum Gasteiger partial charge on any atom is 0.151 e. The van der Waals surface area contributed by atoms with Crippen LogP contribution in [0.4, 0.5) is 0 Å². The van der Waals surface area contributed by atoms with Crippen molar-refractivity contribution in [2.45, 2.75) is 50.9 Å². The van der Waals surface area contributed by atoms with E-state index >= 15 is 0 Å². The van der Waals surface area contributed by atoms with Gasteiger partial charge < -0.3 is 5.32 Å². The number of aryl methyl sites for hydroxylation is 1. The third-order valence-corrected chi connectivity index (χ3v) is 3.47. The smallest absolute Gasteiger partial charge is 0.151 e. The monoisotopic (exact) mass is 234 g/mol. The molecule has 1 aromatic rings. The van der Waals surface area contributed by atoms with E-state index in [-0.39, 0.29) is 0 Å². The normalized spacial score (nSPS) is 17.2. The molecule has 0 aliphatic heterocycles. The van der Waals surface area contributed by atoms with Crippen LogP contribution in [0.1, 0.15) is 56.0 Å². The summed E-state index contributed by atoms with van der Waals surface area (Å²) in [5.41, 5.74) is 1.17. The number of aromatic nitrogens is 3. The Morgan fingerprint density at radius 1 is 1.29 bits per heavy atom. The second kappa shape index (κ2) is 6.64. The standard InChI is InChI=1S/C13H22N4/c1-14-9-5-8-13-16-12(10-15-17-13)11-6-3-2-4-7-11/h10-11,14H,2-9H2,1H3. The largest absolute Gasteiger partial charge is 0.320 e. The van der Waals surface area contributed by atoms with Gasteiger partial charge in [0.25, 0.3) is 0 Å². The summed E-state index contributed by atoms with van der Waals surface area (Å²) in [6.07, 6.45) is 10.5. The quantitative estimate of drug-likeness (QED) is 0.792. The molecule has 1 N–H and O–H groups in total.